The third-order valence-corrected chi connectivity index (χ3v) is 3.16. The summed E-state index contributed by atoms with van der Waals surface area (Å²) in [4.78, 5) is 4.38. The van der Waals surface area contributed by atoms with Gasteiger partial charge >= 0.3 is 0 Å². The molecule has 0 bridgehead atoms. The van der Waals surface area contributed by atoms with Crippen LogP contribution in [0.5, 0.6) is 0 Å². The van der Waals surface area contributed by atoms with Crippen LogP contribution in [0.25, 0.3) is 0 Å². The highest BCUT2D eigenvalue weighted by Crippen LogP contribution is 2.12. The molecule has 106 valence electrons. The number of unbranched alkanes of at least 4 members (excludes halogenated alkanes) is 2. The smallest absolute Gasteiger partial charge is 0.244 e. The van der Waals surface area contributed by atoms with E-state index in [0.29, 0.717) is 5.95 Å². The van der Waals surface area contributed by atoms with Crippen LogP contribution in [-0.2, 0) is 4.74 Å². The number of hydrogen-bond donors (Lipinski definition) is 2. The predicted octanol–water partition coefficient (Wildman–Crippen LogP) is 2.06. The fraction of sp³-hybridized carbons (Fsp3) is 0.769. The summed E-state index contributed by atoms with van der Waals surface area (Å²) in [6.07, 6.45) is 7.79. The number of nitrogens with zero attached hydrogens (tertiary/aromatic N) is 3. The van der Waals surface area contributed by atoms with Gasteiger partial charge in [0.2, 0.25) is 5.95 Å². The first-order chi connectivity index (χ1) is 9.38. The average molecular weight is 265 g/mol. The van der Waals surface area contributed by atoms with E-state index in [1.807, 2.05) is 0 Å². The average Bonchev–Trinajstić information content (AvgIpc) is 2.95. The molecule has 6 nitrogen and oxygen atoms in total. The first-order valence-corrected chi connectivity index (χ1v) is 7.17. The Morgan fingerprint density at radius 3 is 3.11 bits per heavy atom. The van der Waals surface area contributed by atoms with Gasteiger partial charge in [0, 0.05) is 19.7 Å². The molecule has 19 heavy (non-hydrogen) atoms. The van der Waals surface area contributed by atoms with Crippen molar-refractivity contribution in [3.63, 3.8) is 0 Å². The summed E-state index contributed by atoms with van der Waals surface area (Å²) < 4.78 is 5.54. The van der Waals surface area contributed by atoms with Gasteiger partial charge in [-0.25, -0.2) is 0 Å². The van der Waals surface area contributed by atoms with E-state index in [1.165, 1.54) is 12.8 Å². The summed E-state index contributed by atoms with van der Waals surface area (Å²) in [6.45, 7) is 4.74. The molecule has 2 N–H and O–H groups in total. The SMILES string of the molecule is CCCCCNc1cnnc(NCC2CCCO2)n1. The minimum absolute atomic E-state index is 0.282. The van der Waals surface area contributed by atoms with Gasteiger partial charge in [0.05, 0.1) is 12.3 Å². The first-order valence-electron chi connectivity index (χ1n) is 7.17. The number of ether oxygens (including phenoxy) is 1. The van der Waals surface area contributed by atoms with Crippen molar-refractivity contribution in [3.05, 3.63) is 6.20 Å². The zero-order chi connectivity index (χ0) is 13.3. The molecule has 1 aliphatic heterocycles. The molecule has 0 spiro atoms. The van der Waals surface area contributed by atoms with Crippen LogP contribution in [0.15, 0.2) is 6.20 Å². The number of hydrogen-bond acceptors (Lipinski definition) is 6. The summed E-state index contributed by atoms with van der Waals surface area (Å²) in [7, 11) is 0. The molecule has 6 heteroatoms. The van der Waals surface area contributed by atoms with Crippen LogP contribution in [0.4, 0.5) is 11.8 Å². The second kappa shape index (κ2) is 7.89. The highest BCUT2D eigenvalue weighted by Gasteiger charge is 2.15. The number of anilines is 2. The van der Waals surface area contributed by atoms with E-state index in [2.05, 4.69) is 32.7 Å². The Hall–Kier alpha value is -1.43. The van der Waals surface area contributed by atoms with Crippen LogP contribution in [0.1, 0.15) is 39.0 Å². The van der Waals surface area contributed by atoms with Gasteiger partial charge in [0.15, 0.2) is 0 Å². The van der Waals surface area contributed by atoms with Gasteiger partial charge in [-0.1, -0.05) is 19.8 Å². The highest BCUT2D eigenvalue weighted by molar-refractivity contribution is 5.36. The van der Waals surface area contributed by atoms with Crippen molar-refractivity contribution in [1.29, 1.82) is 0 Å². The molecule has 1 unspecified atom stereocenters. The van der Waals surface area contributed by atoms with Crippen LogP contribution >= 0.6 is 0 Å². The largest absolute Gasteiger partial charge is 0.376 e. The van der Waals surface area contributed by atoms with E-state index in [4.69, 9.17) is 4.74 Å². The summed E-state index contributed by atoms with van der Waals surface area (Å²) in [6, 6.07) is 0. The minimum atomic E-state index is 0.282. The molecule has 0 aromatic carbocycles. The standard InChI is InChI=1S/C13H23N5O/c1-2-3-4-7-14-12-10-16-18-13(17-12)15-9-11-6-5-8-19-11/h10-11H,2-9H2,1H3,(H2,14,15,17,18). The lowest BCUT2D eigenvalue weighted by Crippen LogP contribution is -2.20. The molecule has 0 radical (unpaired) electrons. The van der Waals surface area contributed by atoms with Crippen molar-refractivity contribution in [3.8, 4) is 0 Å². The second-order valence-corrected chi connectivity index (χ2v) is 4.82. The molecular formula is C13H23N5O. The molecule has 1 aliphatic rings. The van der Waals surface area contributed by atoms with Gasteiger partial charge in [-0.05, 0) is 19.3 Å². The second-order valence-electron chi connectivity index (χ2n) is 4.82. The van der Waals surface area contributed by atoms with Crippen molar-refractivity contribution < 1.29 is 4.74 Å². The van der Waals surface area contributed by atoms with Crippen LogP contribution < -0.4 is 10.6 Å². The summed E-state index contributed by atoms with van der Waals surface area (Å²) >= 11 is 0. The third kappa shape index (κ3) is 4.98. The van der Waals surface area contributed by atoms with Crippen LogP contribution in [0.2, 0.25) is 0 Å². The van der Waals surface area contributed by atoms with Crippen molar-refractivity contribution in [2.45, 2.75) is 45.1 Å². The van der Waals surface area contributed by atoms with Crippen molar-refractivity contribution in [2.24, 2.45) is 0 Å². The van der Waals surface area contributed by atoms with Gasteiger partial charge in [-0.15, -0.1) is 5.10 Å². The maximum absolute atomic E-state index is 5.54. The van der Waals surface area contributed by atoms with Crippen molar-refractivity contribution in [1.82, 2.24) is 15.2 Å². The Kier molecular flexibility index (Phi) is 5.81. The number of rotatable bonds is 8. The van der Waals surface area contributed by atoms with Gasteiger partial charge < -0.3 is 15.4 Å². The molecule has 2 heterocycles. The summed E-state index contributed by atoms with van der Waals surface area (Å²) in [5.74, 6) is 1.34. The van der Waals surface area contributed by atoms with Gasteiger partial charge in [-0.3, -0.25) is 0 Å². The topological polar surface area (TPSA) is 72.0 Å². The molecule has 1 aromatic heterocycles. The Labute approximate surface area is 114 Å². The Bertz CT molecular complexity index is 368. The normalized spacial score (nSPS) is 18.5. The monoisotopic (exact) mass is 265 g/mol. The van der Waals surface area contributed by atoms with E-state index in [1.54, 1.807) is 6.20 Å². The van der Waals surface area contributed by atoms with Crippen LogP contribution in [0.3, 0.4) is 0 Å². The van der Waals surface area contributed by atoms with Gasteiger partial charge in [0.25, 0.3) is 0 Å². The quantitative estimate of drug-likeness (QED) is 0.701. The fourth-order valence-electron chi connectivity index (χ4n) is 2.07. The summed E-state index contributed by atoms with van der Waals surface area (Å²) in [5.41, 5.74) is 0. The molecule has 0 aliphatic carbocycles. The molecule has 1 atom stereocenters. The predicted molar refractivity (Wildman–Crippen MR) is 75.3 cm³/mol. The van der Waals surface area contributed by atoms with E-state index >= 15 is 0 Å². The fourth-order valence-corrected chi connectivity index (χ4v) is 2.07. The van der Waals surface area contributed by atoms with Crippen LogP contribution in [0, 0.1) is 0 Å². The molecule has 1 fully saturated rings. The Morgan fingerprint density at radius 1 is 1.37 bits per heavy atom. The van der Waals surface area contributed by atoms with E-state index in [9.17, 15) is 0 Å². The van der Waals surface area contributed by atoms with Gasteiger partial charge in [-0.2, -0.15) is 10.1 Å². The zero-order valence-electron chi connectivity index (χ0n) is 11.6. The highest BCUT2D eigenvalue weighted by atomic mass is 16.5. The molecule has 2 rings (SSSR count). The molecule has 1 saturated heterocycles. The first kappa shape index (κ1) is 14.0. The molecule has 0 amide bonds. The van der Waals surface area contributed by atoms with Crippen molar-refractivity contribution >= 4 is 11.8 Å². The van der Waals surface area contributed by atoms with E-state index in [-0.39, 0.29) is 6.10 Å². The zero-order valence-corrected chi connectivity index (χ0v) is 11.6. The van der Waals surface area contributed by atoms with E-state index in [0.717, 1.165) is 44.8 Å². The molecule has 0 saturated carbocycles. The van der Waals surface area contributed by atoms with E-state index < -0.39 is 0 Å². The van der Waals surface area contributed by atoms with Crippen LogP contribution in [-0.4, -0.2) is 41.0 Å². The molecular weight excluding hydrogens is 242 g/mol. The van der Waals surface area contributed by atoms with Gasteiger partial charge in [0.1, 0.15) is 5.82 Å². The summed E-state index contributed by atoms with van der Waals surface area (Å²) in [5, 5.41) is 14.4. The lowest BCUT2D eigenvalue weighted by Gasteiger charge is -2.11. The number of aromatic nitrogens is 3. The lowest BCUT2D eigenvalue weighted by molar-refractivity contribution is 0.120. The maximum Gasteiger partial charge on any atom is 0.244 e. The minimum Gasteiger partial charge on any atom is -0.376 e. The lowest BCUT2D eigenvalue weighted by atomic mass is 10.2. The Morgan fingerprint density at radius 2 is 2.32 bits per heavy atom. The van der Waals surface area contributed by atoms with Crippen molar-refractivity contribution in [2.75, 3.05) is 30.3 Å². The molecule has 1 aromatic rings. The third-order valence-electron chi connectivity index (χ3n) is 3.16. The maximum atomic E-state index is 5.54. The number of nitrogens with one attached hydrogen (secondary N) is 2. The Balaban J connectivity index is 1.74.